The first-order valence-corrected chi connectivity index (χ1v) is 17.3. The number of hydrogen-bond acceptors (Lipinski definition) is 5. The second-order valence-electron chi connectivity index (χ2n) is 13.6. The van der Waals surface area contributed by atoms with Crippen LogP contribution in [0.5, 0.6) is 11.5 Å². The summed E-state index contributed by atoms with van der Waals surface area (Å²) in [5.41, 5.74) is 2.24. The fourth-order valence-corrected chi connectivity index (χ4v) is 7.67. The molecule has 0 amide bonds. The number of aryl methyl sites for hydroxylation is 3. The molecule has 48 heavy (non-hydrogen) atoms. The molecule has 6 rings (SSSR count). The van der Waals surface area contributed by atoms with Gasteiger partial charge in [0.25, 0.3) is 0 Å². The molecule has 0 radical (unpaired) electrons. The minimum absolute atomic E-state index is 0.0124. The van der Waals surface area contributed by atoms with E-state index in [0.717, 1.165) is 41.0 Å². The molecule has 2 aromatic heterocycles. The Kier molecular flexibility index (Phi) is 9.35. The molecule has 1 atom stereocenters. The number of aliphatic carboxylic acids is 1. The number of ether oxygens (including phenoxy) is 1. The Morgan fingerprint density at radius 3 is 2.69 bits per heavy atom. The van der Waals surface area contributed by atoms with Gasteiger partial charge in [0, 0.05) is 25.1 Å². The Balaban J connectivity index is 1.45. The maximum Gasteiger partial charge on any atom is 0.303 e. The van der Waals surface area contributed by atoms with Crippen molar-refractivity contribution in [3.63, 3.8) is 0 Å². The van der Waals surface area contributed by atoms with E-state index in [0.29, 0.717) is 30.5 Å². The molecular weight excluding hydrogens is 637 g/mol. The van der Waals surface area contributed by atoms with Crippen molar-refractivity contribution < 1.29 is 27.8 Å². The number of benzene rings is 3. The first kappa shape index (κ1) is 33.6. The molecular formula is C37H39F3N4O3S. The van der Waals surface area contributed by atoms with E-state index in [1.165, 1.54) is 28.9 Å². The van der Waals surface area contributed by atoms with Gasteiger partial charge in [0.15, 0.2) is 23.2 Å². The number of H-pyrrole nitrogens is 1. The molecule has 0 aliphatic carbocycles. The highest BCUT2D eigenvalue weighted by molar-refractivity contribution is 7.99. The predicted octanol–water partition coefficient (Wildman–Crippen LogP) is 8.98. The van der Waals surface area contributed by atoms with Crippen molar-refractivity contribution in [1.29, 1.82) is 0 Å². The molecule has 1 aliphatic rings. The summed E-state index contributed by atoms with van der Waals surface area (Å²) in [5.74, 6) is -1.31. The lowest BCUT2D eigenvalue weighted by Crippen LogP contribution is -2.27. The molecule has 0 saturated carbocycles. The predicted molar refractivity (Wildman–Crippen MR) is 182 cm³/mol. The van der Waals surface area contributed by atoms with Crippen molar-refractivity contribution in [2.24, 2.45) is 12.5 Å². The SMILES string of the molecule is Cn1nc2nc1-c1cc(ccc1F)Oc1cc3c(c[nH]c3c(F)c1F)CCSCC(C)(C)CCC[C@]2(C)c1cccc(CCC(=O)O)c1. The molecule has 3 heterocycles. The molecule has 11 heteroatoms. The fraction of sp³-hybridized carbons (Fsp3) is 0.378. The first-order valence-electron chi connectivity index (χ1n) is 16.1. The van der Waals surface area contributed by atoms with E-state index in [1.807, 2.05) is 36.0 Å². The Bertz CT molecular complexity index is 1990. The number of rotatable bonds is 4. The Hall–Kier alpha value is -4.25. The number of carboxylic acid groups (broad SMARTS) is 1. The fourth-order valence-electron chi connectivity index (χ4n) is 6.46. The third-order valence-corrected chi connectivity index (χ3v) is 10.8. The van der Waals surface area contributed by atoms with Gasteiger partial charge in [-0.2, -0.15) is 21.3 Å². The van der Waals surface area contributed by atoms with Gasteiger partial charge >= 0.3 is 5.97 Å². The van der Waals surface area contributed by atoms with Crippen LogP contribution in [-0.2, 0) is 30.1 Å². The minimum Gasteiger partial charge on any atom is -0.481 e. The number of halogens is 3. The summed E-state index contributed by atoms with van der Waals surface area (Å²) >= 11 is 1.83. The van der Waals surface area contributed by atoms with Crippen molar-refractivity contribution in [2.45, 2.75) is 64.7 Å². The van der Waals surface area contributed by atoms with Gasteiger partial charge in [-0.25, -0.2) is 18.4 Å². The summed E-state index contributed by atoms with van der Waals surface area (Å²) in [6, 6.07) is 13.4. The zero-order valence-corrected chi connectivity index (χ0v) is 28.3. The molecule has 6 bridgehead atoms. The lowest BCUT2D eigenvalue weighted by Gasteiger charge is -2.30. The zero-order chi connectivity index (χ0) is 34.2. The number of nitrogens with one attached hydrogen (secondary N) is 1. The molecule has 7 nitrogen and oxygen atoms in total. The third-order valence-electron chi connectivity index (χ3n) is 9.30. The van der Waals surface area contributed by atoms with Crippen LogP contribution in [-0.4, -0.2) is 42.3 Å². The van der Waals surface area contributed by atoms with Gasteiger partial charge in [0.2, 0.25) is 5.82 Å². The number of fused-ring (bicyclic) bond motifs is 6. The number of carboxylic acids is 1. The van der Waals surface area contributed by atoms with Crippen molar-refractivity contribution in [3.05, 3.63) is 94.7 Å². The van der Waals surface area contributed by atoms with E-state index in [4.69, 9.17) is 14.8 Å². The van der Waals surface area contributed by atoms with E-state index in [9.17, 15) is 9.90 Å². The molecule has 2 N–H and O–H groups in total. The lowest BCUT2D eigenvalue weighted by molar-refractivity contribution is -0.136. The van der Waals surface area contributed by atoms with Crippen LogP contribution in [0.3, 0.4) is 0 Å². The highest BCUT2D eigenvalue weighted by Gasteiger charge is 2.35. The number of aromatic amines is 1. The summed E-state index contributed by atoms with van der Waals surface area (Å²) in [5, 5.41) is 14.6. The van der Waals surface area contributed by atoms with E-state index >= 15 is 13.2 Å². The van der Waals surface area contributed by atoms with Gasteiger partial charge < -0.3 is 14.8 Å². The van der Waals surface area contributed by atoms with E-state index in [-0.39, 0.29) is 40.2 Å². The molecule has 5 aromatic rings. The average molecular weight is 677 g/mol. The number of carbonyl (C=O) groups is 1. The van der Waals surface area contributed by atoms with Crippen molar-refractivity contribution >= 4 is 28.6 Å². The monoisotopic (exact) mass is 676 g/mol. The van der Waals surface area contributed by atoms with Crippen LogP contribution in [0.2, 0.25) is 0 Å². The van der Waals surface area contributed by atoms with Crippen molar-refractivity contribution in [1.82, 2.24) is 19.7 Å². The highest BCUT2D eigenvalue weighted by atomic mass is 32.2. The Labute approximate surface area is 281 Å². The van der Waals surface area contributed by atoms with Crippen LogP contribution in [0, 0.1) is 22.9 Å². The quantitative estimate of drug-likeness (QED) is 0.197. The molecule has 0 saturated heterocycles. The summed E-state index contributed by atoms with van der Waals surface area (Å²) in [4.78, 5) is 19.1. The minimum atomic E-state index is -1.14. The molecule has 0 spiro atoms. The number of thioether (sulfide) groups is 1. The smallest absolute Gasteiger partial charge is 0.303 e. The van der Waals surface area contributed by atoms with Gasteiger partial charge in [-0.05, 0) is 90.5 Å². The van der Waals surface area contributed by atoms with E-state index in [2.05, 4.69) is 25.8 Å². The van der Waals surface area contributed by atoms with E-state index < -0.39 is 28.8 Å². The van der Waals surface area contributed by atoms with Crippen molar-refractivity contribution in [3.8, 4) is 22.9 Å². The molecule has 1 aliphatic heterocycles. The van der Waals surface area contributed by atoms with Gasteiger partial charge in [-0.1, -0.05) is 44.5 Å². The zero-order valence-electron chi connectivity index (χ0n) is 27.5. The molecule has 0 unspecified atom stereocenters. The standard InChI is InChI=1S/C37H39F3N4O3S/c1-36(2)14-6-15-37(3,24-8-5-7-22(17-24)9-12-30(45)46)35-42-34(44(4)43-35)27-18-25(10-11-28(27)38)47-29-19-26-23(13-16-48-21-36)20-41-33(26)32(40)31(29)39/h5,7-8,10-11,17-20,41H,6,9,12-16,21H2,1-4H3,(H,45,46)/t37-/m1/s1. The first-order chi connectivity index (χ1) is 22.8. The topological polar surface area (TPSA) is 93.0 Å². The number of aromatic nitrogens is 4. The molecule has 252 valence electrons. The molecule has 0 fully saturated rings. The van der Waals surface area contributed by atoms with Gasteiger partial charge in [-0.15, -0.1) is 0 Å². The molecule has 3 aromatic carbocycles. The van der Waals surface area contributed by atoms with Crippen LogP contribution < -0.4 is 4.74 Å². The van der Waals surface area contributed by atoms with Crippen LogP contribution in [0.25, 0.3) is 22.3 Å². The maximum absolute atomic E-state index is 15.5. The Morgan fingerprint density at radius 1 is 1.08 bits per heavy atom. The summed E-state index contributed by atoms with van der Waals surface area (Å²) in [7, 11) is 1.69. The van der Waals surface area contributed by atoms with Crippen molar-refractivity contribution in [2.75, 3.05) is 11.5 Å². The highest BCUT2D eigenvalue weighted by Crippen LogP contribution is 2.40. The average Bonchev–Trinajstić information content (AvgIpc) is 3.64. The second kappa shape index (κ2) is 13.3. The van der Waals surface area contributed by atoms with E-state index in [1.54, 1.807) is 13.2 Å². The number of nitrogens with zero attached hydrogens (tertiary/aromatic N) is 3. The van der Waals surface area contributed by atoms with Crippen LogP contribution in [0.4, 0.5) is 13.2 Å². The maximum atomic E-state index is 15.5. The third kappa shape index (κ3) is 6.83. The number of hydrogen-bond donors (Lipinski definition) is 2. The second-order valence-corrected chi connectivity index (χ2v) is 14.7. The van der Waals surface area contributed by atoms with Crippen LogP contribution in [0.15, 0.2) is 54.7 Å². The van der Waals surface area contributed by atoms with Crippen LogP contribution in [0.1, 0.15) is 69.0 Å². The summed E-state index contributed by atoms with van der Waals surface area (Å²) in [6.07, 6.45) is 5.30. The largest absolute Gasteiger partial charge is 0.481 e. The normalized spacial score (nSPS) is 18.5. The summed E-state index contributed by atoms with van der Waals surface area (Å²) < 4.78 is 53.3. The Morgan fingerprint density at radius 2 is 1.90 bits per heavy atom. The van der Waals surface area contributed by atoms with Gasteiger partial charge in [0.1, 0.15) is 11.6 Å². The van der Waals surface area contributed by atoms with Gasteiger partial charge in [-0.3, -0.25) is 4.79 Å². The van der Waals surface area contributed by atoms with Crippen LogP contribution >= 0.6 is 11.8 Å². The van der Waals surface area contributed by atoms with Gasteiger partial charge in [0.05, 0.1) is 16.5 Å². The lowest BCUT2D eigenvalue weighted by atomic mass is 9.75. The summed E-state index contributed by atoms with van der Waals surface area (Å²) in [6.45, 7) is 6.57.